The molecule has 0 saturated heterocycles. The average molecular weight is 303 g/mol. The van der Waals surface area contributed by atoms with Gasteiger partial charge in [-0.15, -0.1) is 0 Å². The molecule has 0 unspecified atom stereocenters. The summed E-state index contributed by atoms with van der Waals surface area (Å²) in [6.07, 6.45) is 0.154. The summed E-state index contributed by atoms with van der Waals surface area (Å²) in [5.41, 5.74) is 0.642. The first kappa shape index (κ1) is 17.6. The molecule has 0 fully saturated rings. The smallest absolute Gasteiger partial charge is 0.251 e. The van der Waals surface area contributed by atoms with Gasteiger partial charge in [0.05, 0.1) is 13.2 Å². The molecule has 2 rings (SSSR count). The van der Waals surface area contributed by atoms with Crippen LogP contribution in [-0.2, 0) is 0 Å². The van der Waals surface area contributed by atoms with Gasteiger partial charge in [-0.25, -0.2) is 0 Å². The predicted molar refractivity (Wildman–Crippen MR) is 90.7 cm³/mol. The molecule has 2 aromatic rings. The number of amides is 1. The molecule has 0 aliphatic heterocycles. The predicted octanol–water partition coefficient (Wildman–Crippen LogP) is 3.77. The van der Waals surface area contributed by atoms with Gasteiger partial charge < -0.3 is 14.8 Å². The lowest BCUT2D eigenvalue weighted by Gasteiger charge is -2.09. The van der Waals surface area contributed by atoms with E-state index in [4.69, 9.17) is 9.47 Å². The molecule has 1 amide bonds. The van der Waals surface area contributed by atoms with Crippen LogP contribution >= 0.6 is 0 Å². The molecule has 0 aromatic heterocycles. The van der Waals surface area contributed by atoms with Gasteiger partial charge in [0.25, 0.3) is 5.91 Å². The minimum Gasteiger partial charge on any atom is -0.497 e. The van der Waals surface area contributed by atoms with Crippen molar-refractivity contribution in [3.63, 3.8) is 0 Å². The van der Waals surface area contributed by atoms with Crippen molar-refractivity contribution in [3.8, 4) is 11.5 Å². The molecular formula is C18H25NO3. The van der Waals surface area contributed by atoms with Gasteiger partial charge in [0, 0.05) is 14.0 Å². The number of hydrogen-bond acceptors (Lipinski definition) is 3. The second-order valence-electron chi connectivity index (χ2n) is 4.79. The molecule has 120 valence electrons. The number of ether oxygens (including phenoxy) is 2. The molecule has 4 heteroatoms. The molecule has 2 aromatic carbocycles. The summed E-state index contributed by atoms with van der Waals surface area (Å²) >= 11 is 0. The van der Waals surface area contributed by atoms with Gasteiger partial charge in [-0.05, 0) is 50.2 Å². The zero-order chi connectivity index (χ0) is 16.4. The van der Waals surface area contributed by atoms with E-state index in [1.54, 1.807) is 38.4 Å². The third-order valence-electron chi connectivity index (χ3n) is 2.69. The Hall–Kier alpha value is -2.49. The summed E-state index contributed by atoms with van der Waals surface area (Å²) in [5, 5.41) is 2.56. The number of rotatable bonds is 4. The van der Waals surface area contributed by atoms with Gasteiger partial charge in [-0.2, -0.15) is 0 Å². The fraction of sp³-hybridized carbons (Fsp3) is 0.278. The summed E-state index contributed by atoms with van der Waals surface area (Å²) in [5.74, 6) is 1.61. The Morgan fingerprint density at radius 2 is 1.59 bits per heavy atom. The first-order valence-electron chi connectivity index (χ1n) is 7.14. The quantitative estimate of drug-likeness (QED) is 0.935. The lowest BCUT2D eigenvalue weighted by Crippen LogP contribution is -2.17. The molecule has 0 saturated carbocycles. The molecule has 4 nitrogen and oxygen atoms in total. The van der Waals surface area contributed by atoms with E-state index in [1.807, 2.05) is 44.2 Å². The molecule has 0 spiro atoms. The number of nitrogens with one attached hydrogen (secondary N) is 1. The van der Waals surface area contributed by atoms with Crippen LogP contribution in [0.3, 0.4) is 0 Å². The van der Waals surface area contributed by atoms with Crippen molar-refractivity contribution < 1.29 is 15.7 Å². The van der Waals surface area contributed by atoms with Gasteiger partial charge >= 0.3 is 0 Å². The minimum atomic E-state index is -0.0823. The third-order valence-corrected chi connectivity index (χ3v) is 2.69. The second kappa shape index (κ2) is 9.45. The van der Waals surface area contributed by atoms with Crippen LogP contribution in [0.25, 0.3) is 0 Å². The Bertz CT molecular complexity index is 556. The minimum absolute atomic E-state index is 0. The van der Waals surface area contributed by atoms with Crippen molar-refractivity contribution in [3.05, 3.63) is 60.2 Å². The van der Waals surface area contributed by atoms with Crippen LogP contribution in [0.15, 0.2) is 54.6 Å². The van der Waals surface area contributed by atoms with Crippen molar-refractivity contribution in [2.45, 2.75) is 20.0 Å². The van der Waals surface area contributed by atoms with E-state index >= 15 is 0 Å². The van der Waals surface area contributed by atoms with Crippen molar-refractivity contribution in [1.29, 1.82) is 0 Å². The Labute approximate surface area is 133 Å². The second-order valence-corrected chi connectivity index (χ2v) is 4.79. The Kier molecular flexibility index (Phi) is 7.54. The molecule has 0 atom stereocenters. The molecule has 0 radical (unpaired) electrons. The lowest BCUT2D eigenvalue weighted by atomic mass is 10.2. The van der Waals surface area contributed by atoms with Gasteiger partial charge in [0.2, 0.25) is 0 Å². The highest BCUT2D eigenvalue weighted by atomic mass is 16.5. The summed E-state index contributed by atoms with van der Waals surface area (Å²) in [6.45, 7) is 3.93. The van der Waals surface area contributed by atoms with E-state index in [9.17, 15) is 4.79 Å². The summed E-state index contributed by atoms with van der Waals surface area (Å²) in [6, 6.07) is 16.8. The van der Waals surface area contributed by atoms with E-state index < -0.39 is 0 Å². The zero-order valence-corrected chi connectivity index (χ0v) is 13.5. The average Bonchev–Trinajstić information content (AvgIpc) is 2.55. The summed E-state index contributed by atoms with van der Waals surface area (Å²) in [7, 11) is 3.27. The first-order chi connectivity index (χ1) is 10.6. The van der Waals surface area contributed by atoms with Gasteiger partial charge in [-0.3, -0.25) is 4.79 Å². The third kappa shape index (κ3) is 6.31. The highest BCUT2D eigenvalue weighted by Gasteiger charge is 2.03. The molecule has 22 heavy (non-hydrogen) atoms. The van der Waals surface area contributed by atoms with Gasteiger partial charge in [0.15, 0.2) is 0 Å². The van der Waals surface area contributed by atoms with Crippen LogP contribution in [0, 0.1) is 0 Å². The van der Waals surface area contributed by atoms with Crippen LogP contribution in [0.5, 0.6) is 11.5 Å². The topological polar surface area (TPSA) is 47.6 Å². The lowest BCUT2D eigenvalue weighted by molar-refractivity contribution is 0.0963. The molecule has 0 bridgehead atoms. The molecule has 0 aliphatic rings. The monoisotopic (exact) mass is 303 g/mol. The fourth-order valence-electron chi connectivity index (χ4n) is 1.66. The van der Waals surface area contributed by atoms with E-state index in [-0.39, 0.29) is 13.4 Å². The van der Waals surface area contributed by atoms with Crippen LogP contribution < -0.4 is 14.8 Å². The van der Waals surface area contributed by atoms with Crippen LogP contribution in [0.2, 0.25) is 0 Å². The maximum Gasteiger partial charge on any atom is 0.251 e. The fourth-order valence-corrected chi connectivity index (χ4v) is 1.66. The highest BCUT2D eigenvalue weighted by molar-refractivity contribution is 5.94. The van der Waals surface area contributed by atoms with Crippen molar-refractivity contribution in [2.24, 2.45) is 0 Å². The summed E-state index contributed by atoms with van der Waals surface area (Å²) in [4.78, 5) is 11.2. The molecule has 0 aliphatic carbocycles. The summed E-state index contributed by atoms with van der Waals surface area (Å²) < 4.78 is 10.4. The number of methoxy groups -OCH3 is 1. The Balaban J connectivity index is 0.000000460. The highest BCUT2D eigenvalue weighted by Crippen LogP contribution is 2.13. The Morgan fingerprint density at radius 3 is 2.00 bits per heavy atom. The largest absolute Gasteiger partial charge is 0.497 e. The normalized spacial score (nSPS) is 9.50. The number of hydrogen-bond donors (Lipinski definition) is 1. The van der Waals surface area contributed by atoms with E-state index in [1.165, 1.54) is 0 Å². The number of para-hydroxylation sites is 1. The molecular weight excluding hydrogens is 278 g/mol. The number of carbonyl (C=O) groups excluding carboxylic acids is 1. The number of carbonyl (C=O) groups is 1. The van der Waals surface area contributed by atoms with Gasteiger partial charge in [-0.1, -0.05) is 18.2 Å². The van der Waals surface area contributed by atoms with Crippen molar-refractivity contribution in [1.82, 2.24) is 5.32 Å². The molecule has 0 heterocycles. The SMILES string of the molecule is CNC(=O)c1ccc(OC(C)C)cc1.COc1ccccc1.[HH]. The standard InChI is InChI=1S/C11H15NO2.C7H8O.H2/c1-8(2)14-10-6-4-9(5-7-10)11(13)12-3;1-8-7-5-3-2-4-6-7;/h4-8H,1-3H3,(H,12,13);2-6H,1H3;1H. The van der Waals surface area contributed by atoms with Crippen LogP contribution in [0.4, 0.5) is 0 Å². The number of benzene rings is 2. The maximum absolute atomic E-state index is 11.2. The van der Waals surface area contributed by atoms with Crippen molar-refractivity contribution >= 4 is 5.91 Å². The van der Waals surface area contributed by atoms with Crippen LogP contribution in [0.1, 0.15) is 25.6 Å². The van der Waals surface area contributed by atoms with Crippen molar-refractivity contribution in [2.75, 3.05) is 14.2 Å². The van der Waals surface area contributed by atoms with Gasteiger partial charge in [0.1, 0.15) is 11.5 Å². The van der Waals surface area contributed by atoms with E-state index in [0.717, 1.165) is 11.5 Å². The zero-order valence-electron chi connectivity index (χ0n) is 13.5. The van der Waals surface area contributed by atoms with E-state index in [2.05, 4.69) is 5.32 Å². The molecule has 1 N–H and O–H groups in total. The first-order valence-corrected chi connectivity index (χ1v) is 7.14. The van der Waals surface area contributed by atoms with Crippen LogP contribution in [-0.4, -0.2) is 26.2 Å². The van der Waals surface area contributed by atoms with E-state index in [0.29, 0.717) is 5.56 Å². The maximum atomic E-state index is 11.2. The Morgan fingerprint density at radius 1 is 1.00 bits per heavy atom.